The average molecular weight is 187 g/mol. The van der Waals surface area contributed by atoms with Crippen LogP contribution in [0.1, 0.15) is 12.5 Å². The fraction of sp³-hybridized carbons (Fsp3) is 0.222. The van der Waals surface area contributed by atoms with Crippen molar-refractivity contribution in [2.75, 3.05) is 0 Å². The van der Waals surface area contributed by atoms with E-state index in [1.165, 1.54) is 5.56 Å². The normalized spacial score (nSPS) is 8.17. The highest BCUT2D eigenvalue weighted by Crippen LogP contribution is 2.09. The van der Waals surface area contributed by atoms with Crippen molar-refractivity contribution in [3.63, 3.8) is 0 Å². The number of rotatable bonds is 1. The first-order chi connectivity index (χ1) is 5.74. The van der Waals surface area contributed by atoms with Crippen LogP contribution >= 0.6 is 11.6 Å². The summed E-state index contributed by atoms with van der Waals surface area (Å²) in [6, 6.07) is 7.92. The van der Waals surface area contributed by atoms with Crippen LogP contribution in [-0.2, 0) is 11.2 Å². The quantitative estimate of drug-likeness (QED) is 0.685. The van der Waals surface area contributed by atoms with Crippen molar-refractivity contribution in [2.24, 2.45) is 0 Å². The molecular formula is C9H11ClO2. The first-order valence-corrected chi connectivity index (χ1v) is 3.94. The summed E-state index contributed by atoms with van der Waals surface area (Å²) in [4.78, 5) is 8.36. The summed E-state index contributed by atoms with van der Waals surface area (Å²) in [6.07, 6.45) is 1.08. The van der Waals surface area contributed by atoms with Crippen molar-refractivity contribution in [1.82, 2.24) is 0 Å². The minimum absolute atomic E-state index is 0.250. The summed E-state index contributed by atoms with van der Waals surface area (Å²) in [5.74, 6) is 0. The van der Waals surface area contributed by atoms with Crippen LogP contribution in [0.2, 0.25) is 5.02 Å². The summed E-state index contributed by atoms with van der Waals surface area (Å²) in [6.45, 7) is 1.88. The first-order valence-electron chi connectivity index (χ1n) is 3.56. The van der Waals surface area contributed by atoms with E-state index in [-0.39, 0.29) is 6.47 Å². The van der Waals surface area contributed by atoms with Gasteiger partial charge in [-0.15, -0.1) is 0 Å². The third kappa shape index (κ3) is 4.74. The van der Waals surface area contributed by atoms with Crippen LogP contribution in [0.3, 0.4) is 0 Å². The Labute approximate surface area is 76.8 Å². The van der Waals surface area contributed by atoms with Gasteiger partial charge in [-0.2, -0.15) is 0 Å². The summed E-state index contributed by atoms with van der Waals surface area (Å²) >= 11 is 5.67. The van der Waals surface area contributed by atoms with Crippen molar-refractivity contribution in [3.05, 3.63) is 34.9 Å². The largest absolute Gasteiger partial charge is 0.483 e. The molecule has 0 unspecified atom stereocenters. The molecule has 0 bridgehead atoms. The molecule has 0 aliphatic heterocycles. The number of hydrogen-bond acceptors (Lipinski definition) is 1. The van der Waals surface area contributed by atoms with Gasteiger partial charge in [-0.3, -0.25) is 4.79 Å². The molecule has 66 valence electrons. The lowest BCUT2D eigenvalue weighted by Gasteiger charge is -1.93. The van der Waals surface area contributed by atoms with Crippen LogP contribution in [0, 0.1) is 0 Å². The molecule has 12 heavy (non-hydrogen) atoms. The molecule has 0 aliphatic carbocycles. The van der Waals surface area contributed by atoms with E-state index in [1.807, 2.05) is 24.3 Å². The standard InChI is InChI=1S/C8H9Cl.CH2O2/c1-2-7-3-5-8(9)6-4-7;2-1-3/h3-6H,2H2,1H3;1H,(H,2,3). The number of benzene rings is 1. The van der Waals surface area contributed by atoms with Gasteiger partial charge in [0.15, 0.2) is 0 Å². The van der Waals surface area contributed by atoms with E-state index in [9.17, 15) is 0 Å². The maximum Gasteiger partial charge on any atom is 0.290 e. The topological polar surface area (TPSA) is 37.3 Å². The molecule has 1 N–H and O–H groups in total. The van der Waals surface area contributed by atoms with Crippen LogP contribution in [0.5, 0.6) is 0 Å². The Hall–Kier alpha value is -1.02. The third-order valence-corrected chi connectivity index (χ3v) is 1.57. The highest BCUT2D eigenvalue weighted by Gasteiger charge is 1.86. The number of halogens is 1. The molecule has 1 rings (SSSR count). The molecule has 0 aliphatic rings. The lowest BCUT2D eigenvalue weighted by atomic mass is 10.2. The molecule has 3 heteroatoms. The van der Waals surface area contributed by atoms with Gasteiger partial charge < -0.3 is 5.11 Å². The highest BCUT2D eigenvalue weighted by atomic mass is 35.5. The van der Waals surface area contributed by atoms with Crippen LogP contribution in [-0.4, -0.2) is 11.6 Å². The van der Waals surface area contributed by atoms with E-state index in [2.05, 4.69) is 6.92 Å². The SMILES string of the molecule is CCc1ccc(Cl)cc1.O=CO. The Morgan fingerprint density at radius 3 is 2.17 bits per heavy atom. The molecule has 0 heterocycles. The second-order valence-corrected chi connectivity index (χ2v) is 2.52. The predicted molar refractivity (Wildman–Crippen MR) is 49.5 cm³/mol. The highest BCUT2D eigenvalue weighted by molar-refractivity contribution is 6.30. The van der Waals surface area contributed by atoms with E-state index in [0.717, 1.165) is 11.4 Å². The van der Waals surface area contributed by atoms with Crippen molar-refractivity contribution >= 4 is 18.1 Å². The lowest BCUT2D eigenvalue weighted by molar-refractivity contribution is -0.122. The second-order valence-electron chi connectivity index (χ2n) is 2.09. The van der Waals surface area contributed by atoms with Gasteiger partial charge in [-0.1, -0.05) is 30.7 Å². The van der Waals surface area contributed by atoms with Crippen molar-refractivity contribution in [1.29, 1.82) is 0 Å². The van der Waals surface area contributed by atoms with Gasteiger partial charge in [0.25, 0.3) is 6.47 Å². The molecule has 0 fully saturated rings. The Balaban J connectivity index is 0.000000354. The van der Waals surface area contributed by atoms with Gasteiger partial charge in [-0.05, 0) is 24.1 Å². The first kappa shape index (κ1) is 11.0. The number of aryl methyl sites for hydroxylation is 1. The Morgan fingerprint density at radius 1 is 1.42 bits per heavy atom. The smallest absolute Gasteiger partial charge is 0.290 e. The lowest BCUT2D eigenvalue weighted by Crippen LogP contribution is -1.75. The van der Waals surface area contributed by atoms with E-state index >= 15 is 0 Å². The number of hydrogen-bond donors (Lipinski definition) is 1. The van der Waals surface area contributed by atoms with E-state index in [0.29, 0.717) is 0 Å². The zero-order chi connectivity index (χ0) is 9.40. The Morgan fingerprint density at radius 2 is 1.83 bits per heavy atom. The average Bonchev–Trinajstić information content (AvgIpc) is 2.07. The molecule has 0 radical (unpaired) electrons. The summed E-state index contributed by atoms with van der Waals surface area (Å²) in [5, 5.41) is 7.70. The zero-order valence-corrected chi connectivity index (χ0v) is 7.58. The van der Waals surface area contributed by atoms with Gasteiger partial charge in [0.2, 0.25) is 0 Å². The van der Waals surface area contributed by atoms with Crippen molar-refractivity contribution in [2.45, 2.75) is 13.3 Å². The number of carboxylic acid groups (broad SMARTS) is 1. The van der Waals surface area contributed by atoms with Crippen LogP contribution in [0.15, 0.2) is 24.3 Å². The van der Waals surface area contributed by atoms with Gasteiger partial charge in [0.1, 0.15) is 0 Å². The fourth-order valence-electron chi connectivity index (χ4n) is 0.720. The van der Waals surface area contributed by atoms with Crippen LogP contribution < -0.4 is 0 Å². The minimum Gasteiger partial charge on any atom is -0.483 e. The molecule has 1 aromatic rings. The summed E-state index contributed by atoms with van der Waals surface area (Å²) < 4.78 is 0. The van der Waals surface area contributed by atoms with Crippen LogP contribution in [0.4, 0.5) is 0 Å². The van der Waals surface area contributed by atoms with E-state index < -0.39 is 0 Å². The summed E-state index contributed by atoms with van der Waals surface area (Å²) in [5.41, 5.74) is 1.33. The monoisotopic (exact) mass is 186 g/mol. The molecule has 0 amide bonds. The molecular weight excluding hydrogens is 176 g/mol. The summed E-state index contributed by atoms with van der Waals surface area (Å²) in [7, 11) is 0. The van der Waals surface area contributed by atoms with E-state index in [4.69, 9.17) is 21.5 Å². The van der Waals surface area contributed by atoms with Crippen LogP contribution in [0.25, 0.3) is 0 Å². The van der Waals surface area contributed by atoms with Gasteiger partial charge in [0, 0.05) is 5.02 Å². The molecule has 0 aromatic heterocycles. The van der Waals surface area contributed by atoms with Crippen molar-refractivity contribution in [3.8, 4) is 0 Å². The molecule has 0 saturated heterocycles. The maximum atomic E-state index is 8.36. The molecule has 1 aromatic carbocycles. The third-order valence-electron chi connectivity index (χ3n) is 1.32. The molecule has 0 saturated carbocycles. The molecule has 0 spiro atoms. The fourth-order valence-corrected chi connectivity index (χ4v) is 0.846. The Kier molecular flexibility index (Phi) is 6.11. The Bertz CT molecular complexity index is 218. The van der Waals surface area contributed by atoms with Gasteiger partial charge in [-0.25, -0.2) is 0 Å². The number of carbonyl (C=O) groups is 1. The van der Waals surface area contributed by atoms with Crippen molar-refractivity contribution < 1.29 is 9.90 Å². The minimum atomic E-state index is -0.250. The molecule has 2 nitrogen and oxygen atoms in total. The van der Waals surface area contributed by atoms with Gasteiger partial charge in [0.05, 0.1) is 0 Å². The molecule has 0 atom stereocenters. The van der Waals surface area contributed by atoms with E-state index in [1.54, 1.807) is 0 Å². The maximum absolute atomic E-state index is 8.36. The second kappa shape index (κ2) is 6.68. The van der Waals surface area contributed by atoms with Gasteiger partial charge >= 0.3 is 0 Å². The predicted octanol–water partition coefficient (Wildman–Crippen LogP) is 2.60. The zero-order valence-electron chi connectivity index (χ0n) is 6.83.